The van der Waals surface area contributed by atoms with Crippen molar-refractivity contribution in [3.63, 3.8) is 0 Å². The maximum atomic E-state index is 12.8. The van der Waals surface area contributed by atoms with Crippen molar-refractivity contribution in [1.82, 2.24) is 9.80 Å². The smallest absolute Gasteiger partial charge is 0.319 e. The Morgan fingerprint density at radius 3 is 2.33 bits per heavy atom. The molecule has 24 heavy (non-hydrogen) atoms. The fraction of sp³-hybridized carbons (Fsp3) is 0.316. The van der Waals surface area contributed by atoms with Crippen LogP contribution in [0.1, 0.15) is 5.56 Å². The molecule has 0 aliphatic carbocycles. The summed E-state index contributed by atoms with van der Waals surface area (Å²) in [4.78, 5) is 17.8. The number of thioether (sulfide) groups is 1. The molecule has 1 N–H and O–H groups in total. The lowest BCUT2D eigenvalue weighted by molar-refractivity contribution is 0.202. The highest BCUT2D eigenvalue weighted by atomic mass is 32.2. The highest BCUT2D eigenvalue weighted by Crippen LogP contribution is 2.25. The van der Waals surface area contributed by atoms with Crippen LogP contribution in [0.4, 0.5) is 10.5 Å². The Morgan fingerprint density at radius 2 is 1.67 bits per heavy atom. The first kappa shape index (κ1) is 18.4. The number of rotatable bonds is 7. The van der Waals surface area contributed by atoms with E-state index >= 15 is 0 Å². The third kappa shape index (κ3) is 5.58. The van der Waals surface area contributed by atoms with Crippen molar-refractivity contribution >= 4 is 23.5 Å². The minimum Gasteiger partial charge on any atom is -0.319 e. The number of likely N-dealkylation sites (N-methyl/N-ethyl adjacent to an activating group) is 1. The van der Waals surface area contributed by atoms with Crippen LogP contribution in [0.2, 0.25) is 0 Å². The van der Waals surface area contributed by atoms with Crippen LogP contribution in [0.3, 0.4) is 0 Å². The largest absolute Gasteiger partial charge is 0.322 e. The molecule has 0 aliphatic rings. The van der Waals surface area contributed by atoms with E-state index in [9.17, 15) is 4.79 Å². The van der Waals surface area contributed by atoms with Crippen molar-refractivity contribution in [2.45, 2.75) is 11.4 Å². The number of nitrogens with one attached hydrogen (secondary N) is 1. The molecule has 2 rings (SSSR count). The number of amides is 2. The molecule has 0 saturated heterocycles. The summed E-state index contributed by atoms with van der Waals surface area (Å²) in [5.74, 6) is 0. The first-order valence-corrected chi connectivity index (χ1v) is 9.20. The molecule has 0 fully saturated rings. The molecule has 0 heterocycles. The van der Waals surface area contributed by atoms with E-state index in [-0.39, 0.29) is 6.03 Å². The summed E-state index contributed by atoms with van der Waals surface area (Å²) in [6.07, 6.45) is 2.01. The number of carbonyl (C=O) groups is 1. The van der Waals surface area contributed by atoms with Crippen molar-refractivity contribution in [3.05, 3.63) is 60.2 Å². The van der Waals surface area contributed by atoms with Gasteiger partial charge in [0.15, 0.2) is 0 Å². The third-order valence-electron chi connectivity index (χ3n) is 3.67. The Hall–Kier alpha value is -1.98. The van der Waals surface area contributed by atoms with Gasteiger partial charge in [-0.3, -0.25) is 0 Å². The molecule has 0 aliphatic heterocycles. The van der Waals surface area contributed by atoms with Crippen LogP contribution in [0.5, 0.6) is 0 Å². The number of hydrogen-bond donors (Lipinski definition) is 1. The van der Waals surface area contributed by atoms with Crippen molar-refractivity contribution in [2.75, 3.05) is 38.8 Å². The molecule has 0 radical (unpaired) electrons. The second kappa shape index (κ2) is 9.35. The molecule has 0 bridgehead atoms. The first-order valence-electron chi connectivity index (χ1n) is 7.97. The number of urea groups is 1. The van der Waals surface area contributed by atoms with E-state index in [1.54, 1.807) is 11.8 Å². The number of anilines is 1. The van der Waals surface area contributed by atoms with Crippen LogP contribution < -0.4 is 5.32 Å². The zero-order valence-corrected chi connectivity index (χ0v) is 15.3. The standard InChI is InChI=1S/C19H25N3OS/c1-21(2)13-14-22(15-16-9-5-4-6-10-16)19(23)20-17-11-7-8-12-18(17)24-3/h4-12H,13-15H2,1-3H3,(H,20,23). The normalized spacial score (nSPS) is 10.7. The molecule has 2 aromatic carbocycles. The molecule has 0 unspecified atom stereocenters. The molecular weight excluding hydrogens is 318 g/mol. The van der Waals surface area contributed by atoms with Gasteiger partial charge in [-0.15, -0.1) is 11.8 Å². The zero-order valence-electron chi connectivity index (χ0n) is 14.5. The van der Waals surface area contributed by atoms with Crippen LogP contribution in [0.25, 0.3) is 0 Å². The Balaban J connectivity index is 2.11. The number of hydrogen-bond acceptors (Lipinski definition) is 3. The maximum absolute atomic E-state index is 12.8. The Bertz CT molecular complexity index is 646. The maximum Gasteiger partial charge on any atom is 0.322 e. The zero-order chi connectivity index (χ0) is 17.4. The van der Waals surface area contributed by atoms with E-state index in [2.05, 4.69) is 10.2 Å². The molecule has 0 atom stereocenters. The van der Waals surface area contributed by atoms with Crippen LogP contribution in [-0.2, 0) is 6.54 Å². The molecule has 2 aromatic rings. The third-order valence-corrected chi connectivity index (χ3v) is 4.47. The number of benzene rings is 2. The van der Waals surface area contributed by atoms with Crippen molar-refractivity contribution < 1.29 is 4.79 Å². The molecule has 128 valence electrons. The molecule has 4 nitrogen and oxygen atoms in total. The van der Waals surface area contributed by atoms with Gasteiger partial charge in [0.2, 0.25) is 0 Å². The van der Waals surface area contributed by atoms with Gasteiger partial charge in [-0.25, -0.2) is 4.79 Å². The Morgan fingerprint density at radius 1 is 1.00 bits per heavy atom. The van der Waals surface area contributed by atoms with Crippen molar-refractivity contribution in [3.8, 4) is 0 Å². The Kier molecular flexibility index (Phi) is 7.15. The fourth-order valence-corrected chi connectivity index (χ4v) is 2.87. The molecule has 5 heteroatoms. The summed E-state index contributed by atoms with van der Waals surface area (Å²) in [5.41, 5.74) is 1.99. The van der Waals surface area contributed by atoms with Crippen LogP contribution in [-0.4, -0.2) is 49.3 Å². The van der Waals surface area contributed by atoms with E-state index in [1.807, 2.05) is 79.8 Å². The molecule has 0 aromatic heterocycles. The second-order valence-electron chi connectivity index (χ2n) is 5.84. The van der Waals surface area contributed by atoms with Gasteiger partial charge in [-0.1, -0.05) is 42.5 Å². The monoisotopic (exact) mass is 343 g/mol. The van der Waals surface area contributed by atoms with Crippen molar-refractivity contribution in [1.29, 1.82) is 0 Å². The van der Waals surface area contributed by atoms with Gasteiger partial charge in [0.1, 0.15) is 0 Å². The van der Waals surface area contributed by atoms with Gasteiger partial charge in [-0.05, 0) is 38.0 Å². The molecule has 0 saturated carbocycles. The Labute approximate surface area is 148 Å². The van der Waals surface area contributed by atoms with E-state index in [1.165, 1.54) is 0 Å². The molecule has 0 spiro atoms. The quantitative estimate of drug-likeness (QED) is 0.772. The van der Waals surface area contributed by atoms with Gasteiger partial charge in [-0.2, -0.15) is 0 Å². The highest BCUT2D eigenvalue weighted by molar-refractivity contribution is 7.98. The lowest BCUT2D eigenvalue weighted by Crippen LogP contribution is -2.39. The number of para-hydroxylation sites is 1. The summed E-state index contributed by atoms with van der Waals surface area (Å²) in [5, 5.41) is 3.05. The van der Waals surface area contributed by atoms with Gasteiger partial charge >= 0.3 is 6.03 Å². The number of nitrogens with zero attached hydrogens (tertiary/aromatic N) is 2. The molecular formula is C19H25N3OS. The lowest BCUT2D eigenvalue weighted by Gasteiger charge is -2.25. The minimum absolute atomic E-state index is 0.0674. The van der Waals surface area contributed by atoms with E-state index < -0.39 is 0 Å². The average Bonchev–Trinajstić information content (AvgIpc) is 2.59. The fourth-order valence-electron chi connectivity index (χ4n) is 2.32. The summed E-state index contributed by atoms with van der Waals surface area (Å²) < 4.78 is 0. The summed E-state index contributed by atoms with van der Waals surface area (Å²) in [6.45, 7) is 2.10. The van der Waals surface area contributed by atoms with Gasteiger partial charge in [0, 0.05) is 24.5 Å². The van der Waals surface area contributed by atoms with Gasteiger partial charge < -0.3 is 15.1 Å². The topological polar surface area (TPSA) is 35.6 Å². The first-order chi connectivity index (χ1) is 11.6. The van der Waals surface area contributed by atoms with Gasteiger partial charge in [0.05, 0.1) is 5.69 Å². The van der Waals surface area contributed by atoms with E-state index in [0.29, 0.717) is 13.1 Å². The van der Waals surface area contributed by atoms with Gasteiger partial charge in [0.25, 0.3) is 0 Å². The number of carbonyl (C=O) groups excluding carboxylic acids is 1. The summed E-state index contributed by atoms with van der Waals surface area (Å²) in [6, 6.07) is 17.9. The van der Waals surface area contributed by atoms with Crippen molar-refractivity contribution in [2.24, 2.45) is 0 Å². The predicted octanol–water partition coefficient (Wildman–Crippen LogP) is 4.00. The molecule has 2 amide bonds. The minimum atomic E-state index is -0.0674. The average molecular weight is 343 g/mol. The SMILES string of the molecule is CSc1ccccc1NC(=O)N(CCN(C)C)Cc1ccccc1. The predicted molar refractivity (Wildman–Crippen MR) is 103 cm³/mol. The highest BCUT2D eigenvalue weighted by Gasteiger charge is 2.15. The lowest BCUT2D eigenvalue weighted by atomic mass is 10.2. The summed E-state index contributed by atoms with van der Waals surface area (Å²) >= 11 is 1.63. The summed E-state index contributed by atoms with van der Waals surface area (Å²) in [7, 11) is 4.03. The van der Waals surface area contributed by atoms with Crippen LogP contribution in [0, 0.1) is 0 Å². The van der Waals surface area contributed by atoms with E-state index in [4.69, 9.17) is 0 Å². The van der Waals surface area contributed by atoms with E-state index in [0.717, 1.165) is 22.7 Å². The second-order valence-corrected chi connectivity index (χ2v) is 6.69. The van der Waals surface area contributed by atoms with Crippen LogP contribution in [0.15, 0.2) is 59.5 Å². The van der Waals surface area contributed by atoms with Crippen LogP contribution >= 0.6 is 11.8 Å².